The van der Waals surface area contributed by atoms with Gasteiger partial charge < -0.3 is 15.0 Å². The molecule has 1 N–H and O–H groups in total. The van der Waals surface area contributed by atoms with Gasteiger partial charge in [-0.15, -0.1) is 0 Å². The van der Waals surface area contributed by atoms with E-state index in [9.17, 15) is 9.59 Å². The molecule has 0 bridgehead atoms. The Morgan fingerprint density at radius 2 is 2.00 bits per heavy atom. The van der Waals surface area contributed by atoms with Gasteiger partial charge in [-0.3, -0.25) is 9.59 Å². The number of hydrogen-bond acceptors (Lipinski definition) is 3. The molecule has 1 aromatic rings. The average Bonchev–Trinajstić information content (AvgIpc) is 2.92. The van der Waals surface area contributed by atoms with Crippen molar-refractivity contribution in [1.29, 1.82) is 0 Å². The van der Waals surface area contributed by atoms with Gasteiger partial charge in [-0.2, -0.15) is 0 Å². The molecule has 1 saturated heterocycles. The number of methoxy groups -OCH3 is 1. The average molecular weight is 309 g/mol. The maximum Gasteiger partial charge on any atom is 0.253 e. The number of anilines is 1. The van der Waals surface area contributed by atoms with Crippen LogP contribution in [0.1, 0.15) is 25.7 Å². The highest BCUT2D eigenvalue weighted by atomic mass is 35.5. The largest absolute Gasteiger partial charge is 0.495 e. The molecule has 2 fully saturated rings. The molecule has 1 aliphatic carbocycles. The van der Waals surface area contributed by atoms with Gasteiger partial charge in [0, 0.05) is 5.69 Å². The van der Waals surface area contributed by atoms with Crippen LogP contribution in [0, 0.1) is 0 Å². The minimum Gasteiger partial charge on any atom is -0.495 e. The van der Waals surface area contributed by atoms with Crippen LogP contribution >= 0.6 is 11.6 Å². The first-order valence-corrected chi connectivity index (χ1v) is 7.40. The van der Waals surface area contributed by atoms with E-state index < -0.39 is 5.54 Å². The third kappa shape index (κ3) is 2.35. The molecular formula is C15H17ClN2O3. The predicted molar refractivity (Wildman–Crippen MR) is 79.7 cm³/mol. The Morgan fingerprint density at radius 1 is 1.29 bits per heavy atom. The molecule has 3 rings (SSSR count). The van der Waals surface area contributed by atoms with E-state index in [1.165, 1.54) is 12.0 Å². The predicted octanol–water partition coefficient (Wildman–Crippen LogP) is 2.12. The second-order valence-electron chi connectivity index (χ2n) is 5.55. The van der Waals surface area contributed by atoms with Gasteiger partial charge in [0.1, 0.15) is 17.8 Å². The first-order valence-electron chi connectivity index (χ1n) is 7.02. The minimum absolute atomic E-state index is 0.0310. The fourth-order valence-corrected chi connectivity index (χ4v) is 3.43. The van der Waals surface area contributed by atoms with Gasteiger partial charge in [-0.25, -0.2) is 0 Å². The van der Waals surface area contributed by atoms with Crippen molar-refractivity contribution in [2.45, 2.75) is 31.2 Å². The van der Waals surface area contributed by atoms with Crippen LogP contribution < -0.4 is 15.0 Å². The van der Waals surface area contributed by atoms with Crippen molar-refractivity contribution in [2.24, 2.45) is 0 Å². The Hall–Kier alpha value is -1.75. The highest BCUT2D eigenvalue weighted by Gasteiger charge is 2.48. The molecule has 1 spiro atoms. The van der Waals surface area contributed by atoms with Crippen molar-refractivity contribution in [3.8, 4) is 5.75 Å². The Morgan fingerprint density at radius 3 is 2.62 bits per heavy atom. The number of benzene rings is 1. The number of rotatable bonds is 2. The molecular weight excluding hydrogens is 292 g/mol. The highest BCUT2D eigenvalue weighted by Crippen LogP contribution is 2.36. The van der Waals surface area contributed by atoms with Crippen LogP contribution in [0.5, 0.6) is 5.75 Å². The molecule has 0 unspecified atom stereocenters. The van der Waals surface area contributed by atoms with Crippen molar-refractivity contribution in [3.63, 3.8) is 0 Å². The Labute approximate surface area is 128 Å². The van der Waals surface area contributed by atoms with E-state index in [0.717, 1.165) is 12.8 Å². The van der Waals surface area contributed by atoms with Gasteiger partial charge in [-0.1, -0.05) is 24.4 Å². The normalized spacial score (nSPS) is 20.8. The van der Waals surface area contributed by atoms with Crippen LogP contribution in [0.15, 0.2) is 18.2 Å². The molecule has 21 heavy (non-hydrogen) atoms. The summed E-state index contributed by atoms with van der Waals surface area (Å²) in [5.41, 5.74) is -0.0891. The lowest BCUT2D eigenvalue weighted by atomic mass is 9.92. The van der Waals surface area contributed by atoms with Gasteiger partial charge in [0.15, 0.2) is 0 Å². The van der Waals surface area contributed by atoms with Gasteiger partial charge in [-0.05, 0) is 31.0 Å². The summed E-state index contributed by atoms with van der Waals surface area (Å²) in [5, 5.41) is 3.32. The van der Waals surface area contributed by atoms with Gasteiger partial charge in [0.05, 0.1) is 12.1 Å². The standard InChI is InChI=1S/C15H17ClN2O3/c1-21-12-5-4-10(8-11(12)16)18-9-13(19)17-15(14(18)20)6-2-3-7-15/h4-5,8H,2-3,6-7,9H2,1H3,(H,17,19). The molecule has 112 valence electrons. The monoisotopic (exact) mass is 308 g/mol. The molecule has 1 aliphatic heterocycles. The molecule has 1 heterocycles. The summed E-state index contributed by atoms with van der Waals surface area (Å²) in [5.74, 6) is 0.384. The van der Waals surface area contributed by atoms with Crippen molar-refractivity contribution in [1.82, 2.24) is 5.32 Å². The number of nitrogens with zero attached hydrogens (tertiary/aromatic N) is 1. The minimum atomic E-state index is -0.720. The van der Waals surface area contributed by atoms with E-state index in [2.05, 4.69) is 5.32 Å². The second kappa shape index (κ2) is 5.22. The Bertz CT molecular complexity index is 597. The number of piperazine rings is 1. The molecule has 0 atom stereocenters. The van der Waals surface area contributed by atoms with Crippen molar-refractivity contribution in [2.75, 3.05) is 18.6 Å². The maximum absolute atomic E-state index is 12.8. The van der Waals surface area contributed by atoms with Crippen LogP contribution in [0.3, 0.4) is 0 Å². The number of ether oxygens (including phenoxy) is 1. The van der Waals surface area contributed by atoms with Crippen molar-refractivity contribution < 1.29 is 14.3 Å². The number of amides is 2. The van der Waals surface area contributed by atoms with E-state index in [4.69, 9.17) is 16.3 Å². The van der Waals surface area contributed by atoms with Crippen LogP contribution in [0.2, 0.25) is 5.02 Å². The third-order valence-electron chi connectivity index (χ3n) is 4.24. The van der Waals surface area contributed by atoms with E-state index in [1.807, 2.05) is 0 Å². The number of carbonyl (C=O) groups excluding carboxylic acids is 2. The molecule has 0 radical (unpaired) electrons. The lowest BCUT2D eigenvalue weighted by Crippen LogP contribution is -2.65. The highest BCUT2D eigenvalue weighted by molar-refractivity contribution is 6.32. The zero-order valence-electron chi connectivity index (χ0n) is 11.8. The van der Waals surface area contributed by atoms with Gasteiger partial charge in [0.2, 0.25) is 5.91 Å². The van der Waals surface area contributed by atoms with Gasteiger partial charge >= 0.3 is 0 Å². The van der Waals surface area contributed by atoms with Crippen LogP contribution in [-0.2, 0) is 9.59 Å². The Balaban J connectivity index is 1.95. The van der Waals surface area contributed by atoms with E-state index in [0.29, 0.717) is 29.3 Å². The lowest BCUT2D eigenvalue weighted by Gasteiger charge is -2.39. The zero-order valence-corrected chi connectivity index (χ0v) is 12.6. The van der Waals surface area contributed by atoms with E-state index >= 15 is 0 Å². The summed E-state index contributed by atoms with van der Waals surface area (Å²) in [7, 11) is 1.54. The van der Waals surface area contributed by atoms with Crippen LogP contribution in [0.25, 0.3) is 0 Å². The number of nitrogens with one attached hydrogen (secondary N) is 1. The summed E-state index contributed by atoms with van der Waals surface area (Å²) in [4.78, 5) is 26.3. The third-order valence-corrected chi connectivity index (χ3v) is 4.53. The molecule has 1 saturated carbocycles. The molecule has 6 heteroatoms. The Kier molecular flexibility index (Phi) is 3.53. The SMILES string of the molecule is COc1ccc(N2CC(=O)NC3(CCCC3)C2=O)cc1Cl. The summed E-state index contributed by atoms with van der Waals surface area (Å²) >= 11 is 6.12. The van der Waals surface area contributed by atoms with Crippen molar-refractivity contribution >= 4 is 29.1 Å². The number of carbonyl (C=O) groups is 2. The fourth-order valence-electron chi connectivity index (χ4n) is 3.18. The summed E-state index contributed by atoms with van der Waals surface area (Å²) in [6, 6.07) is 5.13. The molecule has 2 amide bonds. The summed E-state index contributed by atoms with van der Waals surface area (Å²) < 4.78 is 5.11. The van der Waals surface area contributed by atoms with Gasteiger partial charge in [0.25, 0.3) is 5.91 Å². The first-order chi connectivity index (χ1) is 10.1. The topological polar surface area (TPSA) is 58.6 Å². The molecule has 1 aromatic carbocycles. The number of halogens is 1. The quantitative estimate of drug-likeness (QED) is 0.910. The first kappa shape index (κ1) is 14.2. The van der Waals surface area contributed by atoms with Crippen molar-refractivity contribution in [3.05, 3.63) is 23.2 Å². The molecule has 5 nitrogen and oxygen atoms in total. The fraction of sp³-hybridized carbons (Fsp3) is 0.467. The lowest BCUT2D eigenvalue weighted by molar-refractivity contribution is -0.135. The van der Waals surface area contributed by atoms with Crippen LogP contribution in [0.4, 0.5) is 5.69 Å². The number of hydrogen-bond donors (Lipinski definition) is 1. The smallest absolute Gasteiger partial charge is 0.253 e. The maximum atomic E-state index is 12.8. The summed E-state index contributed by atoms with van der Waals surface area (Å²) in [6.45, 7) is 0.0310. The molecule has 0 aromatic heterocycles. The van der Waals surface area contributed by atoms with E-state index in [1.54, 1.807) is 18.2 Å². The van der Waals surface area contributed by atoms with E-state index in [-0.39, 0.29) is 18.4 Å². The molecule has 2 aliphatic rings. The van der Waals surface area contributed by atoms with Crippen LogP contribution in [-0.4, -0.2) is 31.0 Å². The summed E-state index contributed by atoms with van der Waals surface area (Å²) in [6.07, 6.45) is 3.34. The zero-order chi connectivity index (χ0) is 15.0. The second-order valence-corrected chi connectivity index (χ2v) is 5.95.